The van der Waals surface area contributed by atoms with Crippen molar-refractivity contribution in [1.29, 1.82) is 0 Å². The Kier molecular flexibility index (Phi) is 4.92. The van der Waals surface area contributed by atoms with E-state index in [0.717, 1.165) is 12.1 Å². The quantitative estimate of drug-likeness (QED) is 0.715. The lowest BCUT2D eigenvalue weighted by molar-refractivity contribution is 0.0950. The molecule has 0 spiro atoms. The number of hydrogen-bond donors (Lipinski definition) is 1. The molecule has 10 heteroatoms. The lowest BCUT2D eigenvalue weighted by Crippen LogP contribution is -2.23. The van der Waals surface area contributed by atoms with Crippen molar-refractivity contribution in [2.45, 2.75) is 17.2 Å². The molecule has 26 heavy (non-hydrogen) atoms. The summed E-state index contributed by atoms with van der Waals surface area (Å²) in [4.78, 5) is 15.9. The molecule has 0 atom stereocenters. The number of aromatic nitrogens is 2. The van der Waals surface area contributed by atoms with Crippen LogP contribution < -0.4 is 5.32 Å². The third kappa shape index (κ3) is 3.68. The zero-order valence-corrected chi connectivity index (χ0v) is 14.6. The minimum Gasteiger partial charge on any atom is -0.346 e. The fourth-order valence-electron chi connectivity index (χ4n) is 2.27. The number of pyridine rings is 1. The number of imidazole rings is 1. The van der Waals surface area contributed by atoms with Gasteiger partial charge in [-0.25, -0.2) is 13.4 Å². The second-order valence-corrected chi connectivity index (χ2v) is 7.71. The Balaban J connectivity index is 1.69. The van der Waals surface area contributed by atoms with Crippen molar-refractivity contribution in [1.82, 2.24) is 14.7 Å². The number of carbonyl (C=O) groups is 1. The second kappa shape index (κ2) is 7.00. The van der Waals surface area contributed by atoms with E-state index < -0.39 is 26.4 Å². The van der Waals surface area contributed by atoms with E-state index in [-0.39, 0.29) is 12.1 Å². The number of alkyl halides is 2. The van der Waals surface area contributed by atoms with Crippen LogP contribution in [0.1, 0.15) is 16.1 Å². The SMILES string of the molecule is O=C(NCc1cn2cc(Cl)ccc2n1)c1ccc(S(=O)(=O)C(F)F)cc1. The van der Waals surface area contributed by atoms with E-state index in [0.29, 0.717) is 16.4 Å². The largest absolute Gasteiger partial charge is 0.346 e. The van der Waals surface area contributed by atoms with Crippen LogP contribution in [0.15, 0.2) is 53.7 Å². The van der Waals surface area contributed by atoms with Crippen molar-refractivity contribution in [2.75, 3.05) is 0 Å². The van der Waals surface area contributed by atoms with Crippen LogP contribution in [0.2, 0.25) is 5.02 Å². The topological polar surface area (TPSA) is 80.5 Å². The summed E-state index contributed by atoms with van der Waals surface area (Å²) >= 11 is 5.89. The highest BCUT2D eigenvalue weighted by Gasteiger charge is 2.26. The van der Waals surface area contributed by atoms with Gasteiger partial charge in [0.2, 0.25) is 9.84 Å². The Labute approximate surface area is 152 Å². The van der Waals surface area contributed by atoms with E-state index >= 15 is 0 Å². The summed E-state index contributed by atoms with van der Waals surface area (Å²) in [6, 6.07) is 7.73. The lowest BCUT2D eigenvalue weighted by Gasteiger charge is -2.06. The highest BCUT2D eigenvalue weighted by atomic mass is 35.5. The minimum absolute atomic E-state index is 0.134. The maximum absolute atomic E-state index is 12.5. The van der Waals surface area contributed by atoms with Crippen LogP contribution in [0.3, 0.4) is 0 Å². The molecular weight excluding hydrogens is 388 g/mol. The summed E-state index contributed by atoms with van der Waals surface area (Å²) in [6.07, 6.45) is 3.39. The van der Waals surface area contributed by atoms with E-state index in [1.807, 2.05) is 0 Å². The van der Waals surface area contributed by atoms with Gasteiger partial charge in [0.1, 0.15) is 5.65 Å². The molecule has 136 valence electrons. The van der Waals surface area contributed by atoms with Crippen molar-refractivity contribution in [3.63, 3.8) is 0 Å². The van der Waals surface area contributed by atoms with Crippen LogP contribution in [0.25, 0.3) is 5.65 Å². The summed E-state index contributed by atoms with van der Waals surface area (Å²) in [5.74, 6) is -3.99. The predicted molar refractivity (Wildman–Crippen MR) is 91.0 cm³/mol. The molecule has 2 heterocycles. The Hall–Kier alpha value is -2.52. The van der Waals surface area contributed by atoms with Crippen LogP contribution in [0.4, 0.5) is 8.78 Å². The smallest absolute Gasteiger partial charge is 0.341 e. The van der Waals surface area contributed by atoms with Crippen LogP contribution in [0, 0.1) is 0 Å². The first-order chi connectivity index (χ1) is 12.3. The summed E-state index contributed by atoms with van der Waals surface area (Å²) < 4.78 is 49.4. The van der Waals surface area contributed by atoms with E-state index in [9.17, 15) is 22.0 Å². The standard InChI is InChI=1S/C16H12ClF2N3O3S/c17-11-3-6-14-21-12(9-22(14)8-11)7-20-15(23)10-1-4-13(5-2-10)26(24,25)16(18)19/h1-6,8-9,16H,7H2,(H,20,23). The first-order valence-corrected chi connectivity index (χ1v) is 9.23. The number of halogens is 3. The predicted octanol–water partition coefficient (Wildman–Crippen LogP) is 2.91. The molecule has 0 aliphatic heterocycles. The number of benzene rings is 1. The fourth-order valence-corrected chi connectivity index (χ4v) is 3.16. The van der Waals surface area contributed by atoms with Gasteiger partial charge in [-0.3, -0.25) is 4.79 Å². The molecule has 1 N–H and O–H groups in total. The number of amides is 1. The molecule has 0 aliphatic carbocycles. The van der Waals surface area contributed by atoms with Crippen LogP contribution in [-0.2, 0) is 16.4 Å². The molecule has 3 rings (SSSR count). The number of carbonyl (C=O) groups excluding carboxylic acids is 1. The summed E-state index contributed by atoms with van der Waals surface area (Å²) in [6.45, 7) is 0.134. The molecule has 0 radical (unpaired) electrons. The number of hydrogen-bond acceptors (Lipinski definition) is 4. The number of sulfone groups is 1. The molecule has 1 amide bonds. The van der Waals surface area contributed by atoms with Gasteiger partial charge in [-0.05, 0) is 36.4 Å². The van der Waals surface area contributed by atoms with Crippen molar-refractivity contribution in [3.8, 4) is 0 Å². The maximum Gasteiger partial charge on any atom is 0.341 e. The first kappa shape index (κ1) is 18.3. The fraction of sp³-hybridized carbons (Fsp3) is 0.125. The van der Waals surface area contributed by atoms with Gasteiger partial charge in [0.15, 0.2) is 0 Å². The van der Waals surface area contributed by atoms with Crippen molar-refractivity contribution in [3.05, 3.63) is 65.1 Å². The average molecular weight is 400 g/mol. The zero-order chi connectivity index (χ0) is 18.9. The summed E-state index contributed by atoms with van der Waals surface area (Å²) in [5, 5.41) is 3.17. The molecule has 0 bridgehead atoms. The maximum atomic E-state index is 12.5. The van der Waals surface area contributed by atoms with Gasteiger partial charge in [-0.1, -0.05) is 11.6 Å². The molecule has 1 aromatic carbocycles. The Morgan fingerprint density at radius 2 is 1.85 bits per heavy atom. The Bertz CT molecular complexity index is 1070. The van der Waals surface area contributed by atoms with E-state index in [1.54, 1.807) is 28.9 Å². The van der Waals surface area contributed by atoms with Gasteiger partial charge in [0.05, 0.1) is 22.2 Å². The third-order valence-corrected chi connectivity index (χ3v) is 5.20. The van der Waals surface area contributed by atoms with E-state index in [4.69, 9.17) is 11.6 Å². The molecule has 0 aliphatic rings. The third-order valence-electron chi connectivity index (χ3n) is 3.57. The van der Waals surface area contributed by atoms with Crippen molar-refractivity contribution < 1.29 is 22.0 Å². The number of nitrogens with zero attached hydrogens (tertiary/aromatic N) is 2. The average Bonchev–Trinajstić information content (AvgIpc) is 3.01. The Morgan fingerprint density at radius 3 is 2.50 bits per heavy atom. The van der Waals surface area contributed by atoms with Crippen molar-refractivity contribution >= 4 is 33.0 Å². The monoisotopic (exact) mass is 399 g/mol. The Morgan fingerprint density at radius 1 is 1.15 bits per heavy atom. The normalized spacial score (nSPS) is 11.8. The summed E-state index contributed by atoms with van der Waals surface area (Å²) in [7, 11) is -4.68. The molecule has 2 aromatic heterocycles. The van der Waals surface area contributed by atoms with Gasteiger partial charge in [-0.2, -0.15) is 8.78 Å². The molecular formula is C16H12ClF2N3O3S. The molecule has 0 fully saturated rings. The van der Waals surface area contributed by atoms with E-state index in [1.165, 1.54) is 12.1 Å². The first-order valence-electron chi connectivity index (χ1n) is 7.31. The van der Waals surface area contributed by atoms with Gasteiger partial charge in [0.25, 0.3) is 5.91 Å². The van der Waals surface area contributed by atoms with Crippen molar-refractivity contribution in [2.24, 2.45) is 0 Å². The van der Waals surface area contributed by atoms with E-state index in [2.05, 4.69) is 10.3 Å². The van der Waals surface area contributed by atoms with Crippen LogP contribution in [-0.4, -0.2) is 29.5 Å². The molecule has 6 nitrogen and oxygen atoms in total. The molecule has 0 saturated heterocycles. The number of fused-ring (bicyclic) bond motifs is 1. The highest BCUT2D eigenvalue weighted by Crippen LogP contribution is 2.18. The van der Waals surface area contributed by atoms with Crippen LogP contribution in [0.5, 0.6) is 0 Å². The minimum atomic E-state index is -4.68. The second-order valence-electron chi connectivity index (χ2n) is 5.36. The van der Waals surface area contributed by atoms with Crippen LogP contribution >= 0.6 is 11.6 Å². The zero-order valence-electron chi connectivity index (χ0n) is 13.1. The molecule has 3 aromatic rings. The van der Waals surface area contributed by atoms with Gasteiger partial charge in [0, 0.05) is 18.0 Å². The van der Waals surface area contributed by atoms with Gasteiger partial charge in [-0.15, -0.1) is 0 Å². The number of nitrogens with one attached hydrogen (secondary N) is 1. The highest BCUT2D eigenvalue weighted by molar-refractivity contribution is 7.91. The molecule has 0 saturated carbocycles. The molecule has 0 unspecified atom stereocenters. The summed E-state index contributed by atoms with van der Waals surface area (Å²) in [5.41, 5.74) is 1.41. The van der Waals surface area contributed by atoms with Gasteiger partial charge >= 0.3 is 5.76 Å². The number of rotatable bonds is 5. The van der Waals surface area contributed by atoms with Gasteiger partial charge < -0.3 is 9.72 Å². The lowest BCUT2D eigenvalue weighted by atomic mass is 10.2.